The molecule has 0 spiro atoms. The Hall–Kier alpha value is -2.81. The van der Waals surface area contributed by atoms with Gasteiger partial charge in [-0.1, -0.05) is 60.7 Å². The summed E-state index contributed by atoms with van der Waals surface area (Å²) in [6, 6.07) is 17.0. The Morgan fingerprint density at radius 1 is 1.10 bits per heavy atom. The Balaban J connectivity index is 1.85. The fourth-order valence-electron chi connectivity index (χ4n) is 1.66. The van der Waals surface area contributed by atoms with Crippen LogP contribution in [0.5, 0.6) is 0 Å². The van der Waals surface area contributed by atoms with Gasteiger partial charge in [0.1, 0.15) is 0 Å². The van der Waals surface area contributed by atoms with Crippen LogP contribution in [0, 0.1) is 6.92 Å². The van der Waals surface area contributed by atoms with E-state index in [4.69, 9.17) is 4.84 Å². The SMILES string of the molecule is C=C(C=Cc1ccccc1)NOC(=O)c1ccc(C)cc1. The van der Waals surface area contributed by atoms with Crippen molar-refractivity contribution in [1.82, 2.24) is 5.48 Å². The number of carbonyl (C=O) groups is 1. The summed E-state index contributed by atoms with van der Waals surface area (Å²) in [5.74, 6) is -0.440. The summed E-state index contributed by atoms with van der Waals surface area (Å²) >= 11 is 0. The fraction of sp³-hybridized carbons (Fsp3) is 0.0556. The highest BCUT2D eigenvalue weighted by Crippen LogP contribution is 2.05. The molecular formula is C18H17NO2. The number of benzene rings is 2. The van der Waals surface area contributed by atoms with E-state index in [0.717, 1.165) is 11.1 Å². The van der Waals surface area contributed by atoms with Crippen LogP contribution in [0.4, 0.5) is 0 Å². The Morgan fingerprint density at radius 3 is 2.43 bits per heavy atom. The monoisotopic (exact) mass is 279 g/mol. The van der Waals surface area contributed by atoms with Crippen LogP contribution in [-0.4, -0.2) is 5.97 Å². The Morgan fingerprint density at radius 2 is 1.76 bits per heavy atom. The zero-order valence-corrected chi connectivity index (χ0v) is 11.9. The standard InChI is InChI=1S/C18H17NO2/c1-14-8-12-17(13-9-14)18(20)21-19-15(2)10-11-16-6-4-3-5-7-16/h3-13,19H,2H2,1H3. The molecule has 0 saturated heterocycles. The minimum atomic E-state index is -0.440. The molecule has 1 N–H and O–H groups in total. The molecule has 0 fully saturated rings. The van der Waals surface area contributed by atoms with Gasteiger partial charge in [0.2, 0.25) is 0 Å². The van der Waals surface area contributed by atoms with Crippen LogP contribution in [0.3, 0.4) is 0 Å². The molecule has 0 bridgehead atoms. The number of hydrogen-bond acceptors (Lipinski definition) is 3. The summed E-state index contributed by atoms with van der Waals surface area (Å²) in [7, 11) is 0. The van der Waals surface area contributed by atoms with Gasteiger partial charge in [-0.2, -0.15) is 0 Å². The van der Waals surface area contributed by atoms with Crippen molar-refractivity contribution in [3.05, 3.63) is 89.6 Å². The highest BCUT2D eigenvalue weighted by Gasteiger charge is 2.06. The van der Waals surface area contributed by atoms with Crippen molar-refractivity contribution >= 4 is 12.0 Å². The van der Waals surface area contributed by atoms with Gasteiger partial charge < -0.3 is 4.84 Å². The third-order valence-corrected chi connectivity index (χ3v) is 2.84. The van der Waals surface area contributed by atoms with Crippen molar-refractivity contribution in [2.45, 2.75) is 6.92 Å². The van der Waals surface area contributed by atoms with Gasteiger partial charge in [0.25, 0.3) is 0 Å². The molecule has 3 nitrogen and oxygen atoms in total. The van der Waals surface area contributed by atoms with Crippen molar-refractivity contribution in [2.75, 3.05) is 0 Å². The number of rotatable bonds is 5. The topological polar surface area (TPSA) is 38.3 Å². The molecular weight excluding hydrogens is 262 g/mol. The molecule has 0 heterocycles. The molecule has 21 heavy (non-hydrogen) atoms. The van der Waals surface area contributed by atoms with Gasteiger partial charge in [-0.25, -0.2) is 10.3 Å². The average Bonchev–Trinajstić information content (AvgIpc) is 2.52. The summed E-state index contributed by atoms with van der Waals surface area (Å²) in [5, 5.41) is 0. The zero-order valence-electron chi connectivity index (χ0n) is 11.9. The largest absolute Gasteiger partial charge is 0.362 e. The van der Waals surface area contributed by atoms with Gasteiger partial charge in [-0.05, 0) is 30.7 Å². The molecule has 0 radical (unpaired) electrons. The first kappa shape index (κ1) is 14.6. The Labute approximate surface area is 124 Å². The van der Waals surface area contributed by atoms with Crippen molar-refractivity contribution in [1.29, 1.82) is 0 Å². The van der Waals surface area contributed by atoms with Crippen LogP contribution in [0.25, 0.3) is 6.08 Å². The summed E-state index contributed by atoms with van der Waals surface area (Å²) in [6.45, 7) is 5.74. The number of aryl methyl sites for hydroxylation is 1. The molecule has 0 aliphatic heterocycles. The van der Waals surface area contributed by atoms with Gasteiger partial charge in [-0.3, -0.25) is 0 Å². The second kappa shape index (κ2) is 7.10. The van der Waals surface area contributed by atoms with E-state index in [2.05, 4.69) is 12.1 Å². The Bertz CT molecular complexity index is 643. The number of carbonyl (C=O) groups excluding carboxylic acids is 1. The van der Waals surface area contributed by atoms with Crippen LogP contribution < -0.4 is 5.48 Å². The molecule has 0 atom stereocenters. The van der Waals surface area contributed by atoms with Crippen molar-refractivity contribution in [3.63, 3.8) is 0 Å². The molecule has 0 amide bonds. The summed E-state index contributed by atoms with van der Waals surface area (Å²) in [5.41, 5.74) is 5.67. The molecule has 0 aliphatic rings. The molecule has 2 aromatic carbocycles. The van der Waals surface area contributed by atoms with Gasteiger partial charge in [0, 0.05) is 0 Å². The van der Waals surface area contributed by atoms with E-state index in [1.54, 1.807) is 18.2 Å². The zero-order chi connectivity index (χ0) is 15.1. The first-order chi connectivity index (χ1) is 10.1. The maximum Gasteiger partial charge on any atom is 0.362 e. The lowest BCUT2D eigenvalue weighted by Crippen LogP contribution is -2.18. The van der Waals surface area contributed by atoms with Crippen LogP contribution in [-0.2, 0) is 4.84 Å². The number of hydroxylamine groups is 1. The molecule has 2 rings (SSSR count). The minimum Gasteiger partial charge on any atom is -0.338 e. The maximum absolute atomic E-state index is 11.8. The van der Waals surface area contributed by atoms with Crippen molar-refractivity contribution in [2.24, 2.45) is 0 Å². The van der Waals surface area contributed by atoms with Gasteiger partial charge in [0.15, 0.2) is 0 Å². The number of hydrogen-bond donors (Lipinski definition) is 1. The van der Waals surface area contributed by atoms with E-state index in [9.17, 15) is 4.79 Å². The van der Waals surface area contributed by atoms with Crippen molar-refractivity contribution in [3.8, 4) is 0 Å². The second-order valence-corrected chi connectivity index (χ2v) is 4.63. The average molecular weight is 279 g/mol. The highest BCUT2D eigenvalue weighted by atomic mass is 16.7. The predicted molar refractivity (Wildman–Crippen MR) is 84.3 cm³/mol. The lowest BCUT2D eigenvalue weighted by Gasteiger charge is -2.06. The van der Waals surface area contributed by atoms with Crippen LogP contribution >= 0.6 is 0 Å². The number of allylic oxidation sites excluding steroid dienone is 1. The summed E-state index contributed by atoms with van der Waals surface area (Å²) in [6.07, 6.45) is 3.63. The first-order valence-electron chi connectivity index (χ1n) is 6.61. The van der Waals surface area contributed by atoms with Crippen LogP contribution in [0.15, 0.2) is 72.9 Å². The van der Waals surface area contributed by atoms with Gasteiger partial charge in [0.05, 0.1) is 11.3 Å². The van der Waals surface area contributed by atoms with Gasteiger partial charge >= 0.3 is 5.97 Å². The smallest absolute Gasteiger partial charge is 0.338 e. The first-order valence-corrected chi connectivity index (χ1v) is 6.61. The van der Waals surface area contributed by atoms with E-state index in [1.807, 2.05) is 55.5 Å². The highest BCUT2D eigenvalue weighted by molar-refractivity contribution is 5.89. The van der Waals surface area contributed by atoms with Gasteiger partial charge in [-0.15, -0.1) is 0 Å². The molecule has 2 aromatic rings. The quantitative estimate of drug-likeness (QED) is 0.666. The molecule has 0 saturated carbocycles. The van der Waals surface area contributed by atoms with E-state index in [0.29, 0.717) is 11.3 Å². The predicted octanol–water partition coefficient (Wildman–Crippen LogP) is 3.88. The van der Waals surface area contributed by atoms with E-state index >= 15 is 0 Å². The van der Waals surface area contributed by atoms with Crippen molar-refractivity contribution < 1.29 is 9.63 Å². The third-order valence-electron chi connectivity index (χ3n) is 2.84. The van der Waals surface area contributed by atoms with E-state index in [-0.39, 0.29) is 0 Å². The maximum atomic E-state index is 11.8. The van der Waals surface area contributed by atoms with E-state index in [1.165, 1.54) is 0 Å². The summed E-state index contributed by atoms with van der Waals surface area (Å²) < 4.78 is 0. The second-order valence-electron chi connectivity index (χ2n) is 4.63. The number of nitrogens with one attached hydrogen (secondary N) is 1. The van der Waals surface area contributed by atoms with Crippen LogP contribution in [0.1, 0.15) is 21.5 Å². The molecule has 106 valence electrons. The fourth-order valence-corrected chi connectivity index (χ4v) is 1.66. The normalized spacial score (nSPS) is 10.3. The lowest BCUT2D eigenvalue weighted by atomic mass is 10.2. The molecule has 0 aromatic heterocycles. The molecule has 0 aliphatic carbocycles. The third kappa shape index (κ3) is 4.66. The lowest BCUT2D eigenvalue weighted by molar-refractivity contribution is 0.0333. The molecule has 3 heteroatoms. The summed E-state index contributed by atoms with van der Waals surface area (Å²) in [4.78, 5) is 16.8. The van der Waals surface area contributed by atoms with Crippen LogP contribution in [0.2, 0.25) is 0 Å². The van der Waals surface area contributed by atoms with E-state index < -0.39 is 5.97 Å². The molecule has 0 unspecified atom stereocenters. The Kier molecular flexibility index (Phi) is 4.94. The minimum absolute atomic E-state index is 0.440.